The van der Waals surface area contributed by atoms with Crippen molar-refractivity contribution in [3.63, 3.8) is 0 Å². The van der Waals surface area contributed by atoms with E-state index in [1.54, 1.807) is 11.3 Å². The van der Waals surface area contributed by atoms with Gasteiger partial charge in [0, 0.05) is 17.6 Å². The topological polar surface area (TPSA) is 85.1 Å². The lowest BCUT2D eigenvalue weighted by molar-refractivity contribution is 0.581. The molecule has 0 amide bonds. The van der Waals surface area contributed by atoms with E-state index in [1.807, 2.05) is 12.1 Å². The predicted octanol–water partition coefficient (Wildman–Crippen LogP) is 2.01. The summed E-state index contributed by atoms with van der Waals surface area (Å²) in [6, 6.07) is 6.81. The number of pyridine rings is 1. The number of rotatable bonds is 5. The number of aromatic nitrogens is 1. The fourth-order valence-electron chi connectivity index (χ4n) is 1.43. The maximum absolute atomic E-state index is 11.9. The molecule has 3 N–H and O–H groups in total. The molecule has 0 saturated carbocycles. The SMILES string of the molecule is Nc1ccc(S(=O)(=O)NCCc2ccc(Br)s2)cn1. The molecule has 8 heteroatoms. The van der Waals surface area contributed by atoms with Crippen molar-refractivity contribution in [1.29, 1.82) is 0 Å². The molecular formula is C11H12BrN3O2S2. The molecule has 0 aromatic carbocycles. The predicted molar refractivity (Wildman–Crippen MR) is 79.6 cm³/mol. The highest BCUT2D eigenvalue weighted by molar-refractivity contribution is 9.11. The van der Waals surface area contributed by atoms with Crippen LogP contribution in [0.5, 0.6) is 0 Å². The second-order valence-corrected chi connectivity index (χ2v) is 8.09. The molecule has 0 aliphatic rings. The Bertz CT molecular complexity index is 653. The van der Waals surface area contributed by atoms with Gasteiger partial charge in [0.1, 0.15) is 10.7 Å². The second kappa shape index (κ2) is 6.00. The second-order valence-electron chi connectivity index (χ2n) is 3.77. The molecule has 2 rings (SSSR count). The minimum atomic E-state index is -3.52. The number of nitrogen functional groups attached to an aromatic ring is 1. The Morgan fingerprint density at radius 2 is 2.11 bits per heavy atom. The van der Waals surface area contributed by atoms with Gasteiger partial charge in [-0.25, -0.2) is 18.1 Å². The Morgan fingerprint density at radius 3 is 2.68 bits per heavy atom. The first-order valence-electron chi connectivity index (χ1n) is 5.43. The number of anilines is 1. The summed E-state index contributed by atoms with van der Waals surface area (Å²) in [5.41, 5.74) is 5.42. The van der Waals surface area contributed by atoms with Crippen LogP contribution in [0.25, 0.3) is 0 Å². The number of hydrogen-bond donors (Lipinski definition) is 2. The highest BCUT2D eigenvalue weighted by Crippen LogP contribution is 2.22. The third-order valence-corrected chi connectivity index (χ3v) is 5.49. The highest BCUT2D eigenvalue weighted by atomic mass is 79.9. The largest absolute Gasteiger partial charge is 0.384 e. The van der Waals surface area contributed by atoms with E-state index in [2.05, 4.69) is 25.6 Å². The standard InChI is InChI=1S/C11H12BrN3O2S2/c12-10-3-1-8(18-10)5-6-15-19(16,17)9-2-4-11(13)14-7-9/h1-4,7,15H,5-6H2,(H2,13,14). The molecule has 0 fully saturated rings. The smallest absolute Gasteiger partial charge is 0.242 e. The van der Waals surface area contributed by atoms with E-state index in [1.165, 1.54) is 18.3 Å². The molecule has 0 aliphatic carbocycles. The number of hydrogen-bond acceptors (Lipinski definition) is 5. The van der Waals surface area contributed by atoms with Gasteiger partial charge in [-0.15, -0.1) is 11.3 Å². The number of sulfonamides is 1. The van der Waals surface area contributed by atoms with Crippen LogP contribution in [0.3, 0.4) is 0 Å². The zero-order valence-corrected chi connectivity index (χ0v) is 13.1. The minimum Gasteiger partial charge on any atom is -0.384 e. The first kappa shape index (κ1) is 14.4. The van der Waals surface area contributed by atoms with Crippen LogP contribution in [-0.2, 0) is 16.4 Å². The lowest BCUT2D eigenvalue weighted by Crippen LogP contribution is -2.26. The Kier molecular flexibility index (Phi) is 4.56. The van der Waals surface area contributed by atoms with Gasteiger partial charge in [-0.3, -0.25) is 0 Å². The molecule has 0 bridgehead atoms. The number of thiophene rings is 1. The molecule has 0 saturated heterocycles. The molecule has 2 aromatic rings. The van der Waals surface area contributed by atoms with Crippen molar-refractivity contribution in [2.75, 3.05) is 12.3 Å². The van der Waals surface area contributed by atoms with Gasteiger partial charge in [-0.05, 0) is 46.6 Å². The highest BCUT2D eigenvalue weighted by Gasteiger charge is 2.13. The molecule has 0 unspecified atom stereocenters. The molecule has 2 aromatic heterocycles. The van der Waals surface area contributed by atoms with Crippen molar-refractivity contribution in [3.05, 3.63) is 39.1 Å². The maximum atomic E-state index is 11.9. The van der Waals surface area contributed by atoms with Crippen LogP contribution >= 0.6 is 27.3 Å². The van der Waals surface area contributed by atoms with Crippen molar-refractivity contribution in [2.24, 2.45) is 0 Å². The zero-order valence-electron chi connectivity index (χ0n) is 9.84. The number of halogens is 1. The van der Waals surface area contributed by atoms with Crippen LogP contribution in [-0.4, -0.2) is 19.9 Å². The van der Waals surface area contributed by atoms with E-state index in [0.29, 0.717) is 18.8 Å². The van der Waals surface area contributed by atoms with Gasteiger partial charge in [0.15, 0.2) is 0 Å². The molecule has 5 nitrogen and oxygen atoms in total. The first-order chi connectivity index (χ1) is 8.97. The van der Waals surface area contributed by atoms with Crippen molar-refractivity contribution in [2.45, 2.75) is 11.3 Å². The number of nitrogens with one attached hydrogen (secondary N) is 1. The summed E-state index contributed by atoms with van der Waals surface area (Å²) in [4.78, 5) is 5.00. The van der Waals surface area contributed by atoms with Crippen molar-refractivity contribution in [1.82, 2.24) is 9.71 Å². The summed E-state index contributed by atoms with van der Waals surface area (Å²) in [5.74, 6) is 0.294. The van der Waals surface area contributed by atoms with Crippen molar-refractivity contribution in [3.8, 4) is 0 Å². The van der Waals surface area contributed by atoms with Crippen molar-refractivity contribution >= 4 is 43.1 Å². The minimum absolute atomic E-state index is 0.120. The van der Waals surface area contributed by atoms with Crippen LogP contribution in [0.1, 0.15) is 4.88 Å². The normalized spacial score (nSPS) is 11.6. The fourth-order valence-corrected chi connectivity index (χ4v) is 3.89. The van der Waals surface area contributed by atoms with Crippen LogP contribution in [0.2, 0.25) is 0 Å². The van der Waals surface area contributed by atoms with E-state index in [9.17, 15) is 8.42 Å². The van der Waals surface area contributed by atoms with E-state index < -0.39 is 10.0 Å². The van der Waals surface area contributed by atoms with Crippen LogP contribution in [0.4, 0.5) is 5.82 Å². The van der Waals surface area contributed by atoms with Gasteiger partial charge < -0.3 is 5.73 Å². The van der Waals surface area contributed by atoms with Gasteiger partial charge in [-0.1, -0.05) is 0 Å². The van der Waals surface area contributed by atoms with Gasteiger partial charge >= 0.3 is 0 Å². The molecule has 0 spiro atoms. The van der Waals surface area contributed by atoms with Gasteiger partial charge in [0.2, 0.25) is 10.0 Å². The first-order valence-corrected chi connectivity index (χ1v) is 8.52. The molecule has 0 aliphatic heterocycles. The van der Waals surface area contributed by atoms with E-state index in [-0.39, 0.29) is 4.90 Å². The average Bonchev–Trinajstić information content (AvgIpc) is 2.75. The zero-order chi connectivity index (χ0) is 13.9. The lowest BCUT2D eigenvalue weighted by atomic mass is 10.3. The van der Waals surface area contributed by atoms with Crippen LogP contribution in [0.15, 0.2) is 39.1 Å². The molecule has 2 heterocycles. The van der Waals surface area contributed by atoms with E-state index >= 15 is 0 Å². The molecule has 102 valence electrons. The summed E-state index contributed by atoms with van der Waals surface area (Å²) in [7, 11) is -3.52. The third kappa shape index (κ3) is 4.00. The third-order valence-electron chi connectivity index (χ3n) is 2.36. The van der Waals surface area contributed by atoms with Gasteiger partial charge in [0.05, 0.1) is 3.79 Å². The van der Waals surface area contributed by atoms with Gasteiger partial charge in [-0.2, -0.15) is 0 Å². The number of nitrogens with two attached hydrogens (primary N) is 1. The molecule has 0 radical (unpaired) electrons. The maximum Gasteiger partial charge on any atom is 0.242 e. The summed E-state index contributed by atoms with van der Waals surface area (Å²) < 4.78 is 27.5. The molecular weight excluding hydrogens is 350 g/mol. The quantitative estimate of drug-likeness (QED) is 0.852. The summed E-state index contributed by atoms with van der Waals surface area (Å²) in [6.45, 7) is 0.347. The van der Waals surface area contributed by atoms with Crippen molar-refractivity contribution < 1.29 is 8.42 Å². The Morgan fingerprint density at radius 1 is 1.32 bits per heavy atom. The summed E-state index contributed by atoms with van der Waals surface area (Å²) in [5, 5.41) is 0. The van der Waals surface area contributed by atoms with Gasteiger partial charge in [0.25, 0.3) is 0 Å². The molecule has 0 atom stereocenters. The van der Waals surface area contributed by atoms with Crippen LogP contribution < -0.4 is 10.5 Å². The lowest BCUT2D eigenvalue weighted by Gasteiger charge is -2.05. The summed E-state index contributed by atoms with van der Waals surface area (Å²) >= 11 is 4.96. The summed E-state index contributed by atoms with van der Waals surface area (Å²) in [6.07, 6.45) is 1.90. The Hall–Kier alpha value is -0.960. The molecule has 19 heavy (non-hydrogen) atoms. The van der Waals surface area contributed by atoms with Crippen LogP contribution in [0, 0.1) is 0 Å². The monoisotopic (exact) mass is 361 g/mol. The van der Waals surface area contributed by atoms with E-state index in [4.69, 9.17) is 5.73 Å². The average molecular weight is 362 g/mol. The Balaban J connectivity index is 1.96. The van der Waals surface area contributed by atoms with E-state index in [0.717, 1.165) is 8.66 Å². The number of nitrogens with zero attached hydrogens (tertiary/aromatic N) is 1. The fraction of sp³-hybridized carbons (Fsp3) is 0.182. The Labute approximate surface area is 124 Å².